The number of ketones is 1. The zero-order valence-corrected chi connectivity index (χ0v) is 20.3. The summed E-state index contributed by atoms with van der Waals surface area (Å²) >= 11 is 0. The molecule has 1 atom stereocenters. The van der Waals surface area contributed by atoms with Gasteiger partial charge in [-0.15, -0.1) is 0 Å². The highest BCUT2D eigenvalue weighted by Gasteiger charge is 2.47. The molecular formula is C28H27N3O5. The van der Waals surface area contributed by atoms with Crippen LogP contribution in [0.25, 0.3) is 5.76 Å². The summed E-state index contributed by atoms with van der Waals surface area (Å²) in [5, 5.41) is 14.0. The number of aliphatic hydroxyl groups excluding tert-OH is 1. The van der Waals surface area contributed by atoms with Crippen molar-refractivity contribution >= 4 is 34.7 Å². The topological polar surface area (TPSA) is 109 Å². The minimum Gasteiger partial charge on any atom is -0.507 e. The Hall–Kier alpha value is -4.46. The van der Waals surface area contributed by atoms with Gasteiger partial charge in [-0.05, 0) is 73.0 Å². The Kier molecular flexibility index (Phi) is 7.15. The Balaban J connectivity index is 1.81. The first kappa shape index (κ1) is 24.7. The molecule has 1 fully saturated rings. The van der Waals surface area contributed by atoms with E-state index in [2.05, 4.69) is 10.3 Å². The predicted octanol–water partition coefficient (Wildman–Crippen LogP) is 4.76. The van der Waals surface area contributed by atoms with E-state index in [0.29, 0.717) is 34.9 Å². The number of hydrogen-bond acceptors (Lipinski definition) is 6. The van der Waals surface area contributed by atoms with Crippen LogP contribution in [0.3, 0.4) is 0 Å². The molecular weight excluding hydrogens is 458 g/mol. The van der Waals surface area contributed by atoms with Crippen LogP contribution in [0, 0.1) is 6.92 Å². The number of carbonyl (C=O) groups excluding carboxylic acids is 3. The molecule has 1 aromatic heterocycles. The molecule has 2 N–H and O–H groups in total. The largest absolute Gasteiger partial charge is 0.507 e. The highest BCUT2D eigenvalue weighted by Crippen LogP contribution is 2.42. The molecule has 4 rings (SSSR count). The molecule has 1 unspecified atom stereocenters. The number of carbonyl (C=O) groups is 3. The smallest absolute Gasteiger partial charge is 0.300 e. The van der Waals surface area contributed by atoms with Gasteiger partial charge in [-0.1, -0.05) is 13.0 Å². The summed E-state index contributed by atoms with van der Waals surface area (Å²) in [5.41, 5.74) is 2.75. The number of aromatic nitrogens is 1. The number of Topliss-reactive ketones (excluding diaryl/α,β-unsaturated/α-hetero) is 1. The van der Waals surface area contributed by atoms with Crippen LogP contribution >= 0.6 is 0 Å². The standard InChI is InChI=1S/C28H27N3O5/c1-4-14-36-23-12-7-19(15-17(23)2)26(33)24-25(20-6-5-13-29-16-20)31(28(35)27(24)34)22-10-8-21(9-11-22)30-18(3)32/h5-13,15-16,25,33H,4,14H2,1-3H3,(H,30,32)/b26-24-. The first-order valence-electron chi connectivity index (χ1n) is 11.6. The monoisotopic (exact) mass is 485 g/mol. The maximum atomic E-state index is 13.3. The van der Waals surface area contributed by atoms with E-state index in [1.807, 2.05) is 13.8 Å². The van der Waals surface area contributed by atoms with Crippen LogP contribution < -0.4 is 15.0 Å². The number of anilines is 2. The van der Waals surface area contributed by atoms with Crippen LogP contribution in [0.5, 0.6) is 5.75 Å². The molecule has 0 saturated carbocycles. The van der Waals surface area contributed by atoms with Gasteiger partial charge < -0.3 is 15.2 Å². The van der Waals surface area contributed by atoms with Gasteiger partial charge in [0, 0.05) is 36.3 Å². The molecule has 2 amide bonds. The van der Waals surface area contributed by atoms with Crippen LogP contribution in [0.4, 0.5) is 11.4 Å². The first-order valence-corrected chi connectivity index (χ1v) is 11.6. The van der Waals surface area contributed by atoms with Crippen molar-refractivity contribution < 1.29 is 24.2 Å². The number of nitrogens with zero attached hydrogens (tertiary/aromatic N) is 2. The third-order valence-corrected chi connectivity index (χ3v) is 5.82. The molecule has 1 saturated heterocycles. The second-order valence-corrected chi connectivity index (χ2v) is 8.51. The van der Waals surface area contributed by atoms with E-state index >= 15 is 0 Å². The fourth-order valence-corrected chi connectivity index (χ4v) is 4.19. The maximum Gasteiger partial charge on any atom is 0.300 e. The fourth-order valence-electron chi connectivity index (χ4n) is 4.19. The summed E-state index contributed by atoms with van der Waals surface area (Å²) < 4.78 is 5.72. The third kappa shape index (κ3) is 4.84. The SMILES string of the molecule is CCCOc1ccc(/C(O)=C2/C(=O)C(=O)N(c3ccc(NC(C)=O)cc3)C2c2cccnc2)cc1C. The maximum absolute atomic E-state index is 13.3. The second kappa shape index (κ2) is 10.4. The lowest BCUT2D eigenvalue weighted by atomic mass is 9.95. The van der Waals surface area contributed by atoms with Gasteiger partial charge in [0.25, 0.3) is 11.7 Å². The minimum absolute atomic E-state index is 0.0273. The van der Waals surface area contributed by atoms with Crippen molar-refractivity contribution in [3.8, 4) is 5.75 Å². The van der Waals surface area contributed by atoms with Gasteiger partial charge in [0.05, 0.1) is 18.2 Å². The van der Waals surface area contributed by atoms with Gasteiger partial charge in [-0.25, -0.2) is 0 Å². The van der Waals surface area contributed by atoms with Gasteiger partial charge in [-0.2, -0.15) is 0 Å². The highest BCUT2D eigenvalue weighted by atomic mass is 16.5. The molecule has 0 radical (unpaired) electrons. The number of rotatable bonds is 7. The Morgan fingerprint density at radius 3 is 2.50 bits per heavy atom. The summed E-state index contributed by atoms with van der Waals surface area (Å²) in [4.78, 5) is 43.4. The number of nitrogens with one attached hydrogen (secondary N) is 1. The van der Waals surface area contributed by atoms with Crippen molar-refractivity contribution in [2.75, 3.05) is 16.8 Å². The number of benzene rings is 2. The van der Waals surface area contributed by atoms with Crippen LogP contribution in [-0.2, 0) is 14.4 Å². The summed E-state index contributed by atoms with van der Waals surface area (Å²) in [5.74, 6) is -1.37. The molecule has 0 bridgehead atoms. The molecule has 8 heteroatoms. The number of amides is 2. The van der Waals surface area contributed by atoms with Crippen LogP contribution in [0.1, 0.15) is 43.0 Å². The number of pyridine rings is 1. The van der Waals surface area contributed by atoms with E-state index in [0.717, 1.165) is 12.0 Å². The highest BCUT2D eigenvalue weighted by molar-refractivity contribution is 6.51. The quantitative estimate of drug-likeness (QED) is 0.284. The van der Waals surface area contributed by atoms with Crippen molar-refractivity contribution in [3.05, 3.63) is 89.3 Å². The molecule has 0 spiro atoms. The predicted molar refractivity (Wildman–Crippen MR) is 137 cm³/mol. The number of aryl methyl sites for hydroxylation is 1. The van der Waals surface area contributed by atoms with E-state index in [4.69, 9.17) is 4.74 Å². The lowest BCUT2D eigenvalue weighted by Crippen LogP contribution is -2.29. The Bertz CT molecular complexity index is 1330. The number of aliphatic hydroxyl groups is 1. The van der Waals surface area contributed by atoms with Crippen molar-refractivity contribution in [1.29, 1.82) is 0 Å². The number of hydrogen-bond donors (Lipinski definition) is 2. The zero-order valence-electron chi connectivity index (χ0n) is 20.3. The van der Waals surface area contributed by atoms with Gasteiger partial charge in [0.1, 0.15) is 11.5 Å². The number of ether oxygens (including phenoxy) is 1. The van der Waals surface area contributed by atoms with E-state index in [-0.39, 0.29) is 17.2 Å². The average molecular weight is 486 g/mol. The lowest BCUT2D eigenvalue weighted by molar-refractivity contribution is -0.132. The molecule has 184 valence electrons. The Morgan fingerprint density at radius 1 is 1.14 bits per heavy atom. The Labute approximate surface area is 209 Å². The third-order valence-electron chi connectivity index (χ3n) is 5.82. The summed E-state index contributed by atoms with van der Waals surface area (Å²) in [6.45, 7) is 5.84. The van der Waals surface area contributed by atoms with Crippen molar-refractivity contribution in [3.63, 3.8) is 0 Å². The van der Waals surface area contributed by atoms with Gasteiger partial charge in [0.2, 0.25) is 5.91 Å². The first-order chi connectivity index (χ1) is 17.3. The normalized spacial score (nSPS) is 16.8. The average Bonchev–Trinajstić information content (AvgIpc) is 3.14. The minimum atomic E-state index is -0.887. The summed E-state index contributed by atoms with van der Waals surface area (Å²) in [6, 6.07) is 14.3. The molecule has 8 nitrogen and oxygen atoms in total. The fraction of sp³-hybridized carbons (Fsp3) is 0.214. The summed E-state index contributed by atoms with van der Waals surface area (Å²) in [7, 11) is 0. The molecule has 1 aliphatic rings. The molecule has 2 aromatic carbocycles. The van der Waals surface area contributed by atoms with Crippen molar-refractivity contribution in [2.24, 2.45) is 0 Å². The Morgan fingerprint density at radius 2 is 1.89 bits per heavy atom. The summed E-state index contributed by atoms with van der Waals surface area (Å²) in [6.07, 6.45) is 4.02. The molecule has 0 aliphatic carbocycles. The van der Waals surface area contributed by atoms with Crippen LogP contribution in [-0.4, -0.2) is 34.3 Å². The van der Waals surface area contributed by atoms with Crippen molar-refractivity contribution in [2.45, 2.75) is 33.2 Å². The van der Waals surface area contributed by atoms with Gasteiger partial charge >= 0.3 is 0 Å². The molecule has 36 heavy (non-hydrogen) atoms. The lowest BCUT2D eigenvalue weighted by Gasteiger charge is -2.25. The second-order valence-electron chi connectivity index (χ2n) is 8.51. The van der Waals surface area contributed by atoms with Crippen molar-refractivity contribution in [1.82, 2.24) is 4.98 Å². The van der Waals surface area contributed by atoms with Gasteiger partial charge in [0.15, 0.2) is 0 Å². The molecule has 1 aliphatic heterocycles. The zero-order chi connectivity index (χ0) is 25.8. The van der Waals surface area contributed by atoms with Gasteiger partial charge in [-0.3, -0.25) is 24.3 Å². The van der Waals surface area contributed by atoms with E-state index in [1.54, 1.807) is 67.0 Å². The van der Waals surface area contributed by atoms with Crippen LogP contribution in [0.2, 0.25) is 0 Å². The van der Waals surface area contributed by atoms with E-state index in [1.165, 1.54) is 11.8 Å². The van der Waals surface area contributed by atoms with Crippen LogP contribution in [0.15, 0.2) is 72.6 Å². The van der Waals surface area contributed by atoms with E-state index < -0.39 is 17.7 Å². The molecule has 3 aromatic rings. The van der Waals surface area contributed by atoms with E-state index in [9.17, 15) is 19.5 Å². The molecule has 2 heterocycles.